The van der Waals surface area contributed by atoms with Crippen LogP contribution in [-0.4, -0.2) is 13.1 Å². The molecule has 0 aliphatic heterocycles. The van der Waals surface area contributed by atoms with Crippen LogP contribution < -0.4 is 10.4 Å². The van der Waals surface area contributed by atoms with Crippen molar-refractivity contribution in [1.82, 2.24) is 0 Å². The van der Waals surface area contributed by atoms with Crippen molar-refractivity contribution in [2.45, 2.75) is 6.90 Å². The second-order valence-electron chi connectivity index (χ2n) is 3.90. The topological polar surface area (TPSA) is 20.2 Å². The third kappa shape index (κ3) is 2.38. The zero-order valence-electron chi connectivity index (χ0n) is 10.6. The summed E-state index contributed by atoms with van der Waals surface area (Å²) < 4.78 is 7.23. The van der Waals surface area contributed by atoms with Gasteiger partial charge in [-0.1, -0.05) is 72.4 Å². The van der Waals surface area contributed by atoms with Crippen molar-refractivity contribution in [1.29, 1.82) is 0 Å². The van der Waals surface area contributed by atoms with Crippen molar-refractivity contribution in [2.75, 3.05) is 0 Å². The van der Waals surface area contributed by atoms with Crippen molar-refractivity contribution in [2.24, 2.45) is 0 Å². The van der Waals surface area contributed by atoms with E-state index in [0.29, 0.717) is 0 Å². The van der Waals surface area contributed by atoms with Gasteiger partial charge in [-0.3, -0.25) is 0 Å². The summed E-state index contributed by atoms with van der Waals surface area (Å²) in [5.41, 5.74) is 1.82. The highest BCUT2D eigenvalue weighted by molar-refractivity contribution is 7.00. The molecule has 17 heavy (non-hydrogen) atoms. The van der Waals surface area contributed by atoms with Crippen LogP contribution in [0.5, 0.6) is 0 Å². The maximum atomic E-state index is 11.1. The molecule has 1 N–H and O–H groups in total. The van der Waals surface area contributed by atoms with Crippen LogP contribution in [0.1, 0.15) is 8.27 Å². The van der Waals surface area contributed by atoms with Crippen molar-refractivity contribution < 1.29 is 6.17 Å². The quantitative estimate of drug-likeness (QED) is 0.813. The van der Waals surface area contributed by atoms with Gasteiger partial charge in [-0.15, -0.1) is 0 Å². The Morgan fingerprint density at radius 3 is 1.82 bits per heavy atom. The van der Waals surface area contributed by atoms with Crippen LogP contribution in [0.4, 0.5) is 0 Å². The zero-order chi connectivity index (χ0) is 12.8. The Morgan fingerprint density at radius 1 is 0.941 bits per heavy atom. The third-order valence-corrected chi connectivity index (χ3v) is 5.93. The summed E-state index contributed by atoms with van der Waals surface area (Å²) in [4.78, 5) is 11.1. The molecule has 0 aliphatic carbocycles. The largest absolute Gasteiger partial charge is 0.421 e. The van der Waals surface area contributed by atoms with Gasteiger partial charge in [0.2, 0.25) is 0 Å². The molecule has 0 saturated carbocycles. The van der Waals surface area contributed by atoms with E-state index in [-0.39, 0.29) is 6.90 Å². The minimum atomic E-state index is -2.82. The normalized spacial score (nSPS) is 12.6. The van der Waals surface area contributed by atoms with E-state index in [0.717, 1.165) is 10.4 Å². The second kappa shape index (κ2) is 5.12. The SMILES string of the molecule is [2H]C/C=C/[Si](O)(c1ccccc1)c1ccccc1. The maximum Gasteiger partial charge on any atom is 0.277 e. The smallest absolute Gasteiger partial charge is 0.277 e. The van der Waals surface area contributed by atoms with Crippen LogP contribution in [0.3, 0.4) is 0 Å². The van der Waals surface area contributed by atoms with Gasteiger partial charge in [-0.2, -0.15) is 0 Å². The fraction of sp³-hybridized carbons (Fsp3) is 0.0667. The zero-order valence-corrected chi connectivity index (χ0v) is 10.6. The Labute approximate surface area is 105 Å². The lowest BCUT2D eigenvalue weighted by Crippen LogP contribution is -2.57. The molecule has 2 aromatic carbocycles. The van der Waals surface area contributed by atoms with Gasteiger partial charge in [0.15, 0.2) is 0 Å². The van der Waals surface area contributed by atoms with Crippen LogP contribution in [0, 0.1) is 0 Å². The molecule has 0 bridgehead atoms. The molecule has 0 spiro atoms. The molecule has 0 unspecified atom stereocenters. The van der Waals surface area contributed by atoms with Crippen LogP contribution in [0.15, 0.2) is 72.4 Å². The number of hydrogen-bond donors (Lipinski definition) is 1. The summed E-state index contributed by atoms with van der Waals surface area (Å²) in [6.07, 6.45) is 1.73. The lowest BCUT2D eigenvalue weighted by molar-refractivity contribution is 0.582. The summed E-state index contributed by atoms with van der Waals surface area (Å²) in [5.74, 6) is 0. The number of rotatable bonds is 3. The van der Waals surface area contributed by atoms with E-state index in [9.17, 15) is 4.80 Å². The Hall–Kier alpha value is -1.64. The molecular formula is C15H16OSi. The summed E-state index contributed by atoms with van der Waals surface area (Å²) in [6.45, 7) is 0.189. The van der Waals surface area contributed by atoms with Gasteiger partial charge in [0, 0.05) is 1.37 Å². The monoisotopic (exact) mass is 241 g/mol. The third-order valence-electron chi connectivity index (χ3n) is 2.79. The lowest BCUT2D eigenvalue weighted by Gasteiger charge is -2.22. The number of hydrogen-bond acceptors (Lipinski definition) is 1. The highest BCUT2D eigenvalue weighted by Gasteiger charge is 2.32. The first-order chi connectivity index (χ1) is 8.77. The van der Waals surface area contributed by atoms with Crippen molar-refractivity contribution in [3.63, 3.8) is 0 Å². The summed E-state index contributed by atoms with van der Waals surface area (Å²) in [6, 6.07) is 19.4. The van der Waals surface area contributed by atoms with E-state index in [1.54, 1.807) is 6.08 Å². The predicted molar refractivity (Wildman–Crippen MR) is 74.9 cm³/mol. The van der Waals surface area contributed by atoms with Gasteiger partial charge in [-0.05, 0) is 17.3 Å². The van der Waals surface area contributed by atoms with E-state index in [4.69, 9.17) is 1.37 Å². The summed E-state index contributed by atoms with van der Waals surface area (Å²) in [5, 5.41) is 1.89. The maximum absolute atomic E-state index is 11.1. The molecule has 0 saturated heterocycles. The molecule has 0 fully saturated rings. The molecule has 0 radical (unpaired) electrons. The first-order valence-corrected chi connectivity index (χ1v) is 7.60. The van der Waals surface area contributed by atoms with Crippen molar-refractivity contribution in [3.8, 4) is 0 Å². The molecular weight excluding hydrogens is 224 g/mol. The highest BCUT2D eigenvalue weighted by Crippen LogP contribution is 2.04. The standard InChI is InChI=1S/C15H16OSi/c1-2-13-17(16,14-9-5-3-6-10-14)15-11-7-4-8-12-15/h2-13,16H,1H3/b13-2+/i1D. The number of allylic oxidation sites excluding steroid dienone is 1. The van der Waals surface area contributed by atoms with Crippen LogP contribution in [-0.2, 0) is 0 Å². The molecule has 0 aromatic heterocycles. The van der Waals surface area contributed by atoms with E-state index in [1.165, 1.54) is 0 Å². The van der Waals surface area contributed by atoms with E-state index < -0.39 is 8.32 Å². The molecule has 2 heteroatoms. The Morgan fingerprint density at radius 2 is 1.41 bits per heavy atom. The van der Waals surface area contributed by atoms with Gasteiger partial charge in [0.1, 0.15) is 0 Å². The van der Waals surface area contributed by atoms with Gasteiger partial charge in [-0.25, -0.2) is 0 Å². The number of benzene rings is 2. The molecule has 2 aromatic rings. The minimum Gasteiger partial charge on any atom is -0.421 e. The Bertz CT molecular complexity index is 471. The molecule has 0 aliphatic rings. The highest BCUT2D eigenvalue weighted by atomic mass is 28.4. The average Bonchev–Trinajstić information content (AvgIpc) is 2.46. The first-order valence-electron chi connectivity index (χ1n) is 6.28. The van der Waals surface area contributed by atoms with Gasteiger partial charge in [0.05, 0.1) is 0 Å². The van der Waals surface area contributed by atoms with Crippen molar-refractivity contribution >= 4 is 18.7 Å². The van der Waals surface area contributed by atoms with Gasteiger partial charge in [0.25, 0.3) is 8.32 Å². The Kier molecular flexibility index (Phi) is 3.17. The van der Waals surface area contributed by atoms with E-state index in [1.807, 2.05) is 66.4 Å². The predicted octanol–water partition coefficient (Wildman–Crippen LogP) is 1.85. The first kappa shape index (κ1) is 10.5. The van der Waals surface area contributed by atoms with Gasteiger partial charge < -0.3 is 4.80 Å². The lowest BCUT2D eigenvalue weighted by atomic mass is 10.4. The second-order valence-corrected chi connectivity index (χ2v) is 6.92. The summed E-state index contributed by atoms with van der Waals surface area (Å²) in [7, 11) is -2.82. The molecule has 86 valence electrons. The van der Waals surface area contributed by atoms with Gasteiger partial charge >= 0.3 is 0 Å². The molecule has 0 atom stereocenters. The van der Waals surface area contributed by atoms with E-state index in [2.05, 4.69) is 0 Å². The van der Waals surface area contributed by atoms with Crippen LogP contribution >= 0.6 is 0 Å². The van der Waals surface area contributed by atoms with E-state index >= 15 is 0 Å². The fourth-order valence-electron chi connectivity index (χ4n) is 1.91. The molecule has 0 amide bonds. The molecule has 2 rings (SSSR count). The Balaban J connectivity index is 2.51. The minimum absolute atomic E-state index is 0.189. The van der Waals surface area contributed by atoms with Crippen LogP contribution in [0.25, 0.3) is 0 Å². The molecule has 1 nitrogen and oxygen atoms in total. The summed E-state index contributed by atoms with van der Waals surface area (Å²) >= 11 is 0. The fourth-order valence-corrected chi connectivity index (χ4v) is 4.37. The molecule has 0 heterocycles. The van der Waals surface area contributed by atoms with Crippen LogP contribution in [0.2, 0.25) is 0 Å². The average molecular weight is 241 g/mol. The van der Waals surface area contributed by atoms with Crippen molar-refractivity contribution in [3.05, 3.63) is 72.4 Å².